The van der Waals surface area contributed by atoms with E-state index < -0.39 is 90.5 Å². The van der Waals surface area contributed by atoms with Crippen LogP contribution in [0.2, 0.25) is 0 Å². The summed E-state index contributed by atoms with van der Waals surface area (Å²) < 4.78 is 108. The van der Waals surface area contributed by atoms with Gasteiger partial charge in [-0.15, -0.1) is 0 Å². The van der Waals surface area contributed by atoms with E-state index in [4.69, 9.17) is 11.8 Å². The van der Waals surface area contributed by atoms with Crippen molar-refractivity contribution in [3.8, 4) is 17.1 Å². The van der Waals surface area contributed by atoms with Crippen molar-refractivity contribution in [2.75, 3.05) is 25.9 Å². The summed E-state index contributed by atoms with van der Waals surface area (Å²) in [7, 11) is -0.743. The third kappa shape index (κ3) is 4.93. The fourth-order valence-electron chi connectivity index (χ4n) is 4.10. The highest BCUT2D eigenvalue weighted by Gasteiger charge is 2.58. The van der Waals surface area contributed by atoms with E-state index in [-0.39, 0.29) is 18.2 Å². The van der Waals surface area contributed by atoms with Crippen LogP contribution in [0.3, 0.4) is 0 Å². The van der Waals surface area contributed by atoms with Gasteiger partial charge in [0, 0.05) is 18.3 Å². The normalized spacial score (nSPS) is 19.8. The van der Waals surface area contributed by atoms with E-state index in [0.29, 0.717) is 11.0 Å². The Kier molecular flexibility index (Phi) is 6.67. The maximum atomic E-state index is 14.7. The Morgan fingerprint density at radius 3 is 2.52 bits per heavy atom. The van der Waals surface area contributed by atoms with Gasteiger partial charge < -0.3 is 25.8 Å². The number of amides is 2. The lowest BCUT2D eigenvalue weighted by molar-refractivity contribution is -0.249. The maximum Gasteiger partial charge on any atom is 0.426 e. The Labute approximate surface area is 221 Å². The molecule has 1 aliphatic rings. The van der Waals surface area contributed by atoms with E-state index in [1.807, 2.05) is 0 Å². The summed E-state index contributed by atoms with van der Waals surface area (Å²) in [5, 5.41) is 15.6. The van der Waals surface area contributed by atoms with Crippen molar-refractivity contribution in [1.29, 1.82) is 0 Å². The standard InChI is InChI=1S/C22H20F7N7O4/c1-20(39,22(27,28)29)19(38)35-6-12(23)13(7-35)34-17(37)10-3-9(5-31-18(10)40-2)14-4-11(21(24,25)26)15-16(30)32-8-33-36(14)15/h3-5,8,12-13,39H,6-7H2,1-2H3,(H,34,37)(H2,30,32,33)/t12-,13+,20-/m0/s1/i2D. The van der Waals surface area contributed by atoms with E-state index in [2.05, 4.69) is 20.4 Å². The van der Waals surface area contributed by atoms with E-state index in [9.17, 15) is 45.4 Å². The number of nitrogens with zero attached hydrogens (tertiary/aromatic N) is 5. The van der Waals surface area contributed by atoms with Crippen LogP contribution in [0.5, 0.6) is 5.88 Å². The van der Waals surface area contributed by atoms with Gasteiger partial charge in [-0.05, 0) is 19.1 Å². The van der Waals surface area contributed by atoms with Gasteiger partial charge in [-0.1, -0.05) is 0 Å². The lowest BCUT2D eigenvalue weighted by Gasteiger charge is -2.29. The van der Waals surface area contributed by atoms with Crippen LogP contribution in [0.25, 0.3) is 16.8 Å². The minimum Gasteiger partial charge on any atom is -0.480 e. The van der Waals surface area contributed by atoms with Crippen molar-refractivity contribution >= 4 is 23.1 Å². The number of pyridine rings is 1. The highest BCUT2D eigenvalue weighted by molar-refractivity contribution is 5.98. The highest BCUT2D eigenvalue weighted by Crippen LogP contribution is 2.39. The number of alkyl halides is 7. The molecule has 3 aromatic heterocycles. The molecule has 3 aromatic rings. The topological polar surface area (TPSA) is 148 Å². The molecule has 1 fully saturated rings. The number of rotatable bonds is 5. The lowest BCUT2D eigenvalue weighted by atomic mass is 10.1. The zero-order valence-corrected chi connectivity index (χ0v) is 20.2. The number of carbonyl (C=O) groups is 2. The first-order chi connectivity index (χ1) is 19.0. The number of carbonyl (C=O) groups excluding carboxylic acids is 2. The molecule has 18 heteroatoms. The number of fused-ring (bicyclic) bond motifs is 1. The number of methoxy groups -OCH3 is 1. The Morgan fingerprint density at radius 1 is 1.20 bits per heavy atom. The van der Waals surface area contributed by atoms with Crippen LogP contribution < -0.4 is 15.8 Å². The first-order valence-electron chi connectivity index (χ1n) is 11.8. The van der Waals surface area contributed by atoms with Crippen LogP contribution >= 0.6 is 0 Å². The molecule has 0 spiro atoms. The number of nitrogens with one attached hydrogen (secondary N) is 1. The number of ether oxygens (including phenoxy) is 1. The zero-order chi connectivity index (χ0) is 30.5. The number of nitrogens with two attached hydrogens (primary N) is 1. The minimum atomic E-state index is -5.35. The molecule has 40 heavy (non-hydrogen) atoms. The minimum absolute atomic E-state index is 0.114. The molecule has 4 N–H and O–H groups in total. The molecule has 11 nitrogen and oxygen atoms in total. The van der Waals surface area contributed by atoms with Gasteiger partial charge in [0.05, 0.1) is 32.3 Å². The molecule has 0 aromatic carbocycles. The average Bonchev–Trinajstić information content (AvgIpc) is 3.45. The predicted molar refractivity (Wildman–Crippen MR) is 122 cm³/mol. The third-order valence-corrected chi connectivity index (χ3v) is 6.24. The molecule has 0 unspecified atom stereocenters. The Hall–Kier alpha value is -4.22. The Bertz CT molecular complexity index is 1500. The summed E-state index contributed by atoms with van der Waals surface area (Å²) in [5.74, 6) is -3.90. The van der Waals surface area contributed by atoms with Crippen molar-refractivity contribution in [1.82, 2.24) is 29.8 Å². The van der Waals surface area contributed by atoms with E-state index in [0.717, 1.165) is 23.1 Å². The Balaban J connectivity index is 1.67. The van der Waals surface area contributed by atoms with Gasteiger partial charge in [-0.2, -0.15) is 31.4 Å². The third-order valence-electron chi connectivity index (χ3n) is 6.24. The molecule has 1 saturated heterocycles. The van der Waals surface area contributed by atoms with Crippen LogP contribution in [0, 0.1) is 0 Å². The molecule has 2 amide bonds. The summed E-state index contributed by atoms with van der Waals surface area (Å²) in [6.45, 7) is -1.40. The van der Waals surface area contributed by atoms with Crippen LogP contribution in [-0.4, -0.2) is 85.6 Å². The molecular formula is C22H20F7N7O4. The summed E-state index contributed by atoms with van der Waals surface area (Å²) in [4.78, 5) is 33.2. The van der Waals surface area contributed by atoms with Crippen molar-refractivity contribution < 1.29 is 51.5 Å². The molecule has 1 aliphatic heterocycles. The van der Waals surface area contributed by atoms with E-state index in [1.54, 1.807) is 0 Å². The molecule has 0 radical (unpaired) electrons. The fraction of sp³-hybridized carbons (Fsp3) is 0.409. The molecule has 0 saturated carbocycles. The van der Waals surface area contributed by atoms with E-state index in [1.165, 1.54) is 0 Å². The van der Waals surface area contributed by atoms with Gasteiger partial charge in [-0.25, -0.2) is 18.9 Å². The van der Waals surface area contributed by atoms with Crippen LogP contribution in [0.1, 0.15) is 24.2 Å². The number of halogens is 7. The highest BCUT2D eigenvalue weighted by atomic mass is 19.4. The van der Waals surface area contributed by atoms with Crippen molar-refractivity contribution in [2.24, 2.45) is 0 Å². The van der Waals surface area contributed by atoms with Crippen molar-refractivity contribution in [2.45, 2.75) is 37.1 Å². The summed E-state index contributed by atoms with van der Waals surface area (Å²) in [6.07, 6.45) is -10.4. The number of hydrogen-bond acceptors (Lipinski definition) is 8. The fourth-order valence-corrected chi connectivity index (χ4v) is 4.10. The molecule has 4 rings (SSSR count). The van der Waals surface area contributed by atoms with Gasteiger partial charge in [0.1, 0.15) is 23.6 Å². The summed E-state index contributed by atoms with van der Waals surface area (Å²) in [6, 6.07) is 0.170. The average molecular weight is 580 g/mol. The second-order valence-electron chi connectivity index (χ2n) is 8.94. The van der Waals surface area contributed by atoms with Gasteiger partial charge in [0.25, 0.3) is 11.8 Å². The molecule has 216 valence electrons. The first-order valence-corrected chi connectivity index (χ1v) is 11.1. The number of anilines is 1. The Morgan fingerprint density at radius 2 is 1.90 bits per heavy atom. The van der Waals surface area contributed by atoms with Gasteiger partial charge in [0.15, 0.2) is 5.82 Å². The summed E-state index contributed by atoms with van der Waals surface area (Å²) in [5.41, 5.74) is -0.734. The number of aromatic nitrogens is 4. The number of likely N-dealkylation sites (tertiary alicyclic amines) is 1. The second-order valence-corrected chi connectivity index (χ2v) is 8.94. The van der Waals surface area contributed by atoms with E-state index >= 15 is 0 Å². The zero-order valence-electron chi connectivity index (χ0n) is 21.2. The molecule has 0 bridgehead atoms. The van der Waals surface area contributed by atoms with Gasteiger partial charge in [-0.3, -0.25) is 9.59 Å². The quantitative estimate of drug-likeness (QED) is 0.389. The molecule has 0 aliphatic carbocycles. The largest absolute Gasteiger partial charge is 0.480 e. The molecular weight excluding hydrogens is 559 g/mol. The maximum absolute atomic E-state index is 14.7. The number of nitrogen functional groups attached to an aromatic ring is 1. The predicted octanol–water partition coefficient (Wildman–Crippen LogP) is 1.99. The number of hydrogen-bond donors (Lipinski definition) is 3. The second kappa shape index (κ2) is 9.76. The van der Waals surface area contributed by atoms with Gasteiger partial charge >= 0.3 is 12.4 Å². The summed E-state index contributed by atoms with van der Waals surface area (Å²) >= 11 is 0. The smallest absolute Gasteiger partial charge is 0.426 e. The van der Waals surface area contributed by atoms with Crippen molar-refractivity contribution in [3.05, 3.63) is 35.8 Å². The van der Waals surface area contributed by atoms with Crippen LogP contribution in [-0.2, 0) is 11.0 Å². The SMILES string of the molecule is [2H]COc1ncc(-c2cc(C(F)(F)F)c3c(N)ncnn23)cc1C(=O)N[C@@H]1CN(C(=O)[C@](C)(O)C(F)(F)F)C[C@@H]1F. The molecule has 3 atom stereocenters. The van der Waals surface area contributed by atoms with Crippen LogP contribution in [0.4, 0.5) is 36.6 Å². The van der Waals surface area contributed by atoms with Crippen LogP contribution in [0.15, 0.2) is 24.7 Å². The van der Waals surface area contributed by atoms with Gasteiger partial charge in [0.2, 0.25) is 11.5 Å². The number of aliphatic hydroxyl groups is 1. The lowest BCUT2D eigenvalue weighted by Crippen LogP contribution is -2.56. The monoisotopic (exact) mass is 580 g/mol. The first kappa shape index (κ1) is 27.4. The molecule has 4 heterocycles. The van der Waals surface area contributed by atoms with Crippen molar-refractivity contribution in [3.63, 3.8) is 0 Å².